The van der Waals surface area contributed by atoms with Crippen molar-refractivity contribution in [3.05, 3.63) is 12.7 Å². The van der Waals surface area contributed by atoms with Gasteiger partial charge in [0.05, 0.1) is 5.84 Å². The van der Waals surface area contributed by atoms with Gasteiger partial charge in [-0.2, -0.15) is 0 Å². The van der Waals surface area contributed by atoms with E-state index in [0.29, 0.717) is 12.3 Å². The van der Waals surface area contributed by atoms with E-state index in [9.17, 15) is 0 Å². The lowest BCUT2D eigenvalue weighted by Crippen LogP contribution is -2.14. The number of nitrogens with one attached hydrogen (secondary N) is 2. The molecule has 7 heavy (non-hydrogen) atoms. The van der Waals surface area contributed by atoms with E-state index in [1.807, 2.05) is 0 Å². The van der Waals surface area contributed by atoms with Crippen LogP contribution in [-0.2, 0) is 0 Å². The van der Waals surface area contributed by atoms with Crippen molar-refractivity contribution < 1.29 is 0 Å². The van der Waals surface area contributed by atoms with Crippen LogP contribution in [0.5, 0.6) is 0 Å². The van der Waals surface area contributed by atoms with Gasteiger partial charge < -0.3 is 5.32 Å². The van der Waals surface area contributed by atoms with E-state index in [1.54, 1.807) is 13.1 Å². The van der Waals surface area contributed by atoms with Crippen molar-refractivity contribution in [3.63, 3.8) is 0 Å². The zero-order chi connectivity index (χ0) is 5.70. The Bertz CT molecular complexity index is 76.1. The van der Waals surface area contributed by atoms with Gasteiger partial charge in [-0.25, -0.2) is 0 Å². The van der Waals surface area contributed by atoms with Gasteiger partial charge >= 0.3 is 0 Å². The van der Waals surface area contributed by atoms with Gasteiger partial charge in [-0.15, -0.1) is 6.58 Å². The van der Waals surface area contributed by atoms with Gasteiger partial charge in [0, 0.05) is 13.5 Å². The van der Waals surface area contributed by atoms with Crippen molar-refractivity contribution in [1.82, 2.24) is 5.32 Å². The van der Waals surface area contributed by atoms with Crippen LogP contribution in [0.15, 0.2) is 12.7 Å². The van der Waals surface area contributed by atoms with Gasteiger partial charge in [-0.1, -0.05) is 6.08 Å². The first kappa shape index (κ1) is 6.21. The first-order valence-electron chi connectivity index (χ1n) is 2.17. The average Bonchev–Trinajstić information content (AvgIpc) is 1.68. The molecule has 0 atom stereocenters. The van der Waals surface area contributed by atoms with Gasteiger partial charge in [0.2, 0.25) is 0 Å². The number of hydrogen-bond acceptors (Lipinski definition) is 1. The molecule has 0 heterocycles. The molecule has 0 spiro atoms. The zero-order valence-electron chi connectivity index (χ0n) is 4.49. The third-order valence-corrected chi connectivity index (χ3v) is 0.650. The standard InChI is InChI=1S/C5H10N2/c1-3-4-5(6)7-2/h3H,1,4H2,2H3,(H2,6,7). The maximum Gasteiger partial charge on any atom is 0.0967 e. The average molecular weight is 98.1 g/mol. The minimum atomic E-state index is 0.509. The highest BCUT2D eigenvalue weighted by Crippen LogP contribution is 1.75. The summed E-state index contributed by atoms with van der Waals surface area (Å²) in [5.74, 6) is 0.509. The molecular formula is C5H10N2. The highest BCUT2D eigenvalue weighted by molar-refractivity contribution is 5.79. The van der Waals surface area contributed by atoms with Crippen molar-refractivity contribution in [1.29, 1.82) is 5.41 Å². The van der Waals surface area contributed by atoms with E-state index >= 15 is 0 Å². The summed E-state index contributed by atoms with van der Waals surface area (Å²) < 4.78 is 0. The fourth-order valence-corrected chi connectivity index (χ4v) is 0.246. The SMILES string of the molecule is C=CCC(=N)NC. The predicted octanol–water partition coefficient (Wildman–Crippen LogP) is 0.759. The lowest BCUT2D eigenvalue weighted by atomic mass is 10.4. The second kappa shape index (κ2) is 3.40. The molecule has 0 saturated heterocycles. The van der Waals surface area contributed by atoms with E-state index in [2.05, 4.69) is 11.9 Å². The topological polar surface area (TPSA) is 35.9 Å². The molecule has 0 aliphatic rings. The van der Waals surface area contributed by atoms with E-state index in [-0.39, 0.29) is 0 Å². The van der Waals surface area contributed by atoms with Gasteiger partial charge in [0.1, 0.15) is 0 Å². The summed E-state index contributed by atoms with van der Waals surface area (Å²) >= 11 is 0. The summed E-state index contributed by atoms with van der Waals surface area (Å²) in [7, 11) is 1.73. The Morgan fingerprint density at radius 3 is 2.71 bits per heavy atom. The summed E-state index contributed by atoms with van der Waals surface area (Å²) in [5.41, 5.74) is 0. The quantitative estimate of drug-likeness (QED) is 0.298. The van der Waals surface area contributed by atoms with Crippen molar-refractivity contribution in [2.75, 3.05) is 7.05 Å². The Morgan fingerprint density at radius 1 is 2.00 bits per heavy atom. The Labute approximate surface area is 43.7 Å². The molecule has 0 fully saturated rings. The molecule has 0 aliphatic carbocycles. The molecule has 2 nitrogen and oxygen atoms in total. The van der Waals surface area contributed by atoms with Crippen molar-refractivity contribution >= 4 is 5.84 Å². The minimum absolute atomic E-state index is 0.509. The molecule has 0 rings (SSSR count). The second-order valence-corrected chi connectivity index (χ2v) is 1.22. The molecule has 0 aliphatic heterocycles. The molecule has 0 aromatic rings. The summed E-state index contributed by atoms with van der Waals surface area (Å²) in [6, 6.07) is 0. The number of hydrogen-bond donors (Lipinski definition) is 2. The molecule has 2 N–H and O–H groups in total. The van der Waals surface area contributed by atoms with Crippen LogP contribution < -0.4 is 5.32 Å². The monoisotopic (exact) mass is 98.1 g/mol. The maximum atomic E-state index is 6.96. The minimum Gasteiger partial charge on any atom is -0.377 e. The van der Waals surface area contributed by atoms with Crippen LogP contribution in [0.4, 0.5) is 0 Å². The molecule has 40 valence electrons. The van der Waals surface area contributed by atoms with Gasteiger partial charge in [-0.05, 0) is 0 Å². The molecule has 0 unspecified atom stereocenters. The third-order valence-electron chi connectivity index (χ3n) is 0.650. The molecular weight excluding hydrogens is 88.1 g/mol. The largest absolute Gasteiger partial charge is 0.377 e. The lowest BCUT2D eigenvalue weighted by Gasteiger charge is -1.93. The second-order valence-electron chi connectivity index (χ2n) is 1.22. The van der Waals surface area contributed by atoms with Gasteiger partial charge in [0.25, 0.3) is 0 Å². The Balaban J connectivity index is 3.17. The van der Waals surface area contributed by atoms with E-state index < -0.39 is 0 Å². The van der Waals surface area contributed by atoms with E-state index in [1.165, 1.54) is 0 Å². The molecule has 0 radical (unpaired) electrons. The number of amidine groups is 1. The Morgan fingerprint density at radius 2 is 2.57 bits per heavy atom. The molecule has 0 saturated carbocycles. The van der Waals surface area contributed by atoms with Crippen molar-refractivity contribution in [2.45, 2.75) is 6.42 Å². The molecule has 0 aromatic carbocycles. The van der Waals surface area contributed by atoms with Crippen LogP contribution >= 0.6 is 0 Å². The molecule has 0 bridgehead atoms. The van der Waals surface area contributed by atoms with E-state index in [0.717, 1.165) is 0 Å². The smallest absolute Gasteiger partial charge is 0.0967 e. The van der Waals surface area contributed by atoms with Gasteiger partial charge in [0.15, 0.2) is 0 Å². The highest BCUT2D eigenvalue weighted by atomic mass is 14.9. The molecule has 0 aromatic heterocycles. The highest BCUT2D eigenvalue weighted by Gasteiger charge is 1.81. The zero-order valence-corrected chi connectivity index (χ0v) is 4.49. The fourth-order valence-electron chi connectivity index (χ4n) is 0.246. The van der Waals surface area contributed by atoms with Crippen LogP contribution in [0.25, 0.3) is 0 Å². The number of rotatable bonds is 2. The lowest BCUT2D eigenvalue weighted by molar-refractivity contribution is 1.10. The summed E-state index contributed by atoms with van der Waals surface area (Å²) in [5, 5.41) is 9.63. The van der Waals surface area contributed by atoms with Crippen LogP contribution in [-0.4, -0.2) is 12.9 Å². The third kappa shape index (κ3) is 3.03. The van der Waals surface area contributed by atoms with Crippen molar-refractivity contribution in [3.8, 4) is 0 Å². The van der Waals surface area contributed by atoms with E-state index in [4.69, 9.17) is 5.41 Å². The first-order valence-corrected chi connectivity index (χ1v) is 2.17. The summed E-state index contributed by atoms with van der Waals surface area (Å²) in [6.07, 6.45) is 2.33. The Hall–Kier alpha value is -0.790. The molecule has 2 heteroatoms. The molecule has 0 amide bonds. The fraction of sp³-hybridized carbons (Fsp3) is 0.400. The van der Waals surface area contributed by atoms with Crippen molar-refractivity contribution in [2.24, 2.45) is 0 Å². The van der Waals surface area contributed by atoms with Crippen LogP contribution in [0.1, 0.15) is 6.42 Å². The maximum absolute atomic E-state index is 6.96. The first-order chi connectivity index (χ1) is 3.31. The van der Waals surface area contributed by atoms with Gasteiger partial charge in [-0.3, -0.25) is 5.41 Å². The van der Waals surface area contributed by atoms with Crippen LogP contribution in [0.3, 0.4) is 0 Å². The Kier molecular flexibility index (Phi) is 3.02. The van der Waals surface area contributed by atoms with Crippen LogP contribution in [0, 0.1) is 5.41 Å². The normalized spacial score (nSPS) is 7.57. The van der Waals surface area contributed by atoms with Crippen LogP contribution in [0.2, 0.25) is 0 Å². The summed E-state index contributed by atoms with van der Waals surface area (Å²) in [6.45, 7) is 3.47. The summed E-state index contributed by atoms with van der Waals surface area (Å²) in [4.78, 5) is 0. The predicted molar refractivity (Wildman–Crippen MR) is 31.6 cm³/mol.